The predicted molar refractivity (Wildman–Crippen MR) is 153 cm³/mol. The second-order valence-electron chi connectivity index (χ2n) is 9.22. The number of carbonyl (C=O) groups excluding carboxylic acids is 2. The average molecular weight is 592 g/mol. The zero-order valence-corrected chi connectivity index (χ0v) is 24.1. The molecule has 0 aliphatic heterocycles. The molecule has 0 aliphatic rings. The molecule has 4 N–H and O–H groups in total. The van der Waals surface area contributed by atoms with Gasteiger partial charge in [0.05, 0.1) is 19.4 Å². The molecule has 0 fully saturated rings. The molecule has 3 atom stereocenters. The Kier molecular flexibility index (Phi) is 11.6. The molecule has 13 heteroatoms. The molecule has 0 bridgehead atoms. The van der Waals surface area contributed by atoms with E-state index in [1.54, 1.807) is 54.3 Å². The van der Waals surface area contributed by atoms with Gasteiger partial charge in [-0.3, -0.25) is 14.0 Å². The molecule has 11 nitrogen and oxygen atoms in total. The predicted octanol–water partition coefficient (Wildman–Crippen LogP) is 3.22. The van der Waals surface area contributed by atoms with Crippen LogP contribution in [0.5, 0.6) is 0 Å². The number of aromatic nitrogens is 2. The van der Waals surface area contributed by atoms with Gasteiger partial charge in [0.25, 0.3) is 0 Å². The highest BCUT2D eigenvalue weighted by atomic mass is 35.5. The molecular formula is C27H34ClN5O6S. The molecule has 40 heavy (non-hydrogen) atoms. The number of aliphatic hydroxyl groups excluding tert-OH is 1. The number of anilines is 1. The third-order valence-electron chi connectivity index (χ3n) is 6.46. The van der Waals surface area contributed by atoms with Crippen molar-refractivity contribution in [1.29, 1.82) is 0 Å². The van der Waals surface area contributed by atoms with E-state index in [9.17, 15) is 23.5 Å². The van der Waals surface area contributed by atoms with E-state index in [-0.39, 0.29) is 19.6 Å². The van der Waals surface area contributed by atoms with Crippen LogP contribution < -0.4 is 10.6 Å². The number of nitrogens with one attached hydrogen (secondary N) is 2. The fraction of sp³-hybridized carbons (Fsp3) is 0.370. The number of benzene rings is 2. The smallest absolute Gasteiger partial charge is 0.407 e. The molecule has 2 aromatic carbocycles. The average Bonchev–Trinajstić information content (AvgIpc) is 3.25. The van der Waals surface area contributed by atoms with E-state index in [1.165, 1.54) is 11.4 Å². The number of para-hydroxylation sites is 1. The molecule has 1 aromatic heterocycles. The largest absolute Gasteiger partial charge is 0.453 e. The Morgan fingerprint density at radius 2 is 1.82 bits per heavy atom. The Bertz CT molecular complexity index is 1340. The normalized spacial score (nSPS) is 13.5. The molecule has 3 rings (SSSR count). The van der Waals surface area contributed by atoms with Crippen molar-refractivity contribution in [2.45, 2.75) is 44.8 Å². The summed E-state index contributed by atoms with van der Waals surface area (Å²) in [6.45, 7) is 1.60. The summed E-state index contributed by atoms with van der Waals surface area (Å²) in [7, 11) is 2.98. The van der Waals surface area contributed by atoms with Gasteiger partial charge in [-0.15, -0.1) is 0 Å². The van der Waals surface area contributed by atoms with Gasteiger partial charge in [-0.25, -0.2) is 9.00 Å². The quantitative estimate of drug-likeness (QED) is 0.223. The molecular weight excluding hydrogens is 558 g/mol. The van der Waals surface area contributed by atoms with E-state index in [4.69, 9.17) is 16.3 Å². The van der Waals surface area contributed by atoms with Gasteiger partial charge in [0.2, 0.25) is 17.2 Å². The van der Waals surface area contributed by atoms with Crippen molar-refractivity contribution in [1.82, 2.24) is 19.4 Å². The minimum absolute atomic E-state index is 0.134. The van der Waals surface area contributed by atoms with Crippen molar-refractivity contribution >= 4 is 40.6 Å². The molecule has 0 radical (unpaired) electrons. The van der Waals surface area contributed by atoms with Gasteiger partial charge in [0.15, 0.2) is 0 Å². The number of alkyl carbamates (subject to hydrolysis) is 1. The zero-order chi connectivity index (χ0) is 29.2. The maximum Gasteiger partial charge on any atom is 0.407 e. The number of hydrogen-bond acceptors (Lipinski definition) is 6. The number of nitrogens with zero attached hydrogens (tertiary/aromatic N) is 3. The second kappa shape index (κ2) is 14.9. The standard InChI is InChI=1S/C27H34ClN5O6S/c1-18-21(15-32(2)31-18)16-33(40(37)38)22(17-34)13-12-19-8-5-7-11-24(19)29-26(35)25(30-27(36)39-3)14-20-9-4-6-10-23(20)28/h4-11,15,22,25,34H,12-14,16-17H2,1-3H3,(H,29,35)(H,30,36)(H,37,38)/t22-,25-/m0/s1. The maximum atomic E-state index is 13.3. The van der Waals surface area contributed by atoms with E-state index in [2.05, 4.69) is 15.7 Å². The van der Waals surface area contributed by atoms with E-state index < -0.39 is 35.4 Å². The first-order valence-corrected chi connectivity index (χ1v) is 14.0. The molecule has 2 amide bonds. The topological polar surface area (TPSA) is 146 Å². The summed E-state index contributed by atoms with van der Waals surface area (Å²) in [5, 5.41) is 20.3. The van der Waals surface area contributed by atoms with E-state index in [1.807, 2.05) is 19.1 Å². The van der Waals surface area contributed by atoms with Crippen LogP contribution in [0, 0.1) is 6.92 Å². The van der Waals surface area contributed by atoms with Crippen LogP contribution in [-0.4, -0.2) is 65.8 Å². The summed E-state index contributed by atoms with van der Waals surface area (Å²) in [5.41, 5.74) is 3.46. The van der Waals surface area contributed by atoms with Gasteiger partial charge < -0.3 is 20.5 Å². The number of rotatable bonds is 13. The highest BCUT2D eigenvalue weighted by molar-refractivity contribution is 7.76. The fourth-order valence-electron chi connectivity index (χ4n) is 4.31. The third kappa shape index (κ3) is 8.60. The van der Waals surface area contributed by atoms with Gasteiger partial charge in [0, 0.05) is 48.5 Å². The lowest BCUT2D eigenvalue weighted by Crippen LogP contribution is -2.45. The second-order valence-corrected chi connectivity index (χ2v) is 10.6. The number of ether oxygens (including phenoxy) is 1. The van der Waals surface area contributed by atoms with Crippen LogP contribution in [0.15, 0.2) is 54.7 Å². The van der Waals surface area contributed by atoms with Crippen LogP contribution in [0.4, 0.5) is 10.5 Å². The number of aryl methyl sites for hydroxylation is 3. The van der Waals surface area contributed by atoms with Crippen LogP contribution in [0.2, 0.25) is 5.02 Å². The van der Waals surface area contributed by atoms with Crippen LogP contribution >= 0.6 is 11.6 Å². The lowest BCUT2D eigenvalue weighted by atomic mass is 10.0. The zero-order valence-electron chi connectivity index (χ0n) is 22.5. The molecule has 216 valence electrons. The molecule has 1 heterocycles. The van der Waals surface area contributed by atoms with Crippen molar-refractivity contribution in [3.8, 4) is 0 Å². The summed E-state index contributed by atoms with van der Waals surface area (Å²) in [6, 6.07) is 12.6. The highest BCUT2D eigenvalue weighted by Gasteiger charge is 2.26. The number of halogens is 1. The summed E-state index contributed by atoms with van der Waals surface area (Å²) < 4.78 is 29.8. The minimum Gasteiger partial charge on any atom is -0.453 e. The van der Waals surface area contributed by atoms with E-state index in [0.29, 0.717) is 29.1 Å². The Balaban J connectivity index is 1.75. The van der Waals surface area contributed by atoms with Gasteiger partial charge >= 0.3 is 6.09 Å². The number of methoxy groups -OCH3 is 1. The van der Waals surface area contributed by atoms with Crippen molar-refractivity contribution in [2.75, 3.05) is 19.0 Å². The van der Waals surface area contributed by atoms with Gasteiger partial charge in [-0.05, 0) is 43.0 Å². The van der Waals surface area contributed by atoms with Crippen molar-refractivity contribution in [3.63, 3.8) is 0 Å². The first kappa shape index (κ1) is 31.2. The highest BCUT2D eigenvalue weighted by Crippen LogP contribution is 2.22. The molecule has 0 saturated heterocycles. The lowest BCUT2D eigenvalue weighted by molar-refractivity contribution is -0.118. The fourth-order valence-corrected chi connectivity index (χ4v) is 5.20. The molecule has 0 spiro atoms. The minimum atomic E-state index is -2.34. The number of amides is 2. The maximum absolute atomic E-state index is 13.3. The number of aliphatic hydroxyl groups is 1. The van der Waals surface area contributed by atoms with Crippen LogP contribution in [0.25, 0.3) is 0 Å². The van der Waals surface area contributed by atoms with Crippen LogP contribution in [0.1, 0.15) is 28.8 Å². The summed E-state index contributed by atoms with van der Waals surface area (Å²) >= 11 is 3.94. The monoisotopic (exact) mass is 591 g/mol. The Morgan fingerprint density at radius 3 is 2.42 bits per heavy atom. The third-order valence-corrected chi connectivity index (χ3v) is 7.66. The van der Waals surface area contributed by atoms with Crippen molar-refractivity contribution < 1.29 is 28.2 Å². The van der Waals surface area contributed by atoms with Crippen molar-refractivity contribution in [3.05, 3.63) is 82.1 Å². The first-order valence-electron chi connectivity index (χ1n) is 12.6. The van der Waals surface area contributed by atoms with Gasteiger partial charge in [0.1, 0.15) is 6.04 Å². The van der Waals surface area contributed by atoms with Crippen LogP contribution in [0.3, 0.4) is 0 Å². The molecule has 3 aromatic rings. The Morgan fingerprint density at radius 1 is 1.15 bits per heavy atom. The molecule has 0 saturated carbocycles. The number of carbonyl (C=O) groups is 2. The van der Waals surface area contributed by atoms with Crippen LogP contribution in [-0.2, 0) is 47.2 Å². The van der Waals surface area contributed by atoms with E-state index >= 15 is 0 Å². The number of hydrogen-bond donors (Lipinski definition) is 4. The van der Waals surface area contributed by atoms with Gasteiger partial charge in [-0.2, -0.15) is 9.40 Å². The molecule has 0 aliphatic carbocycles. The lowest BCUT2D eigenvalue weighted by Gasteiger charge is -2.27. The van der Waals surface area contributed by atoms with Crippen molar-refractivity contribution in [2.24, 2.45) is 7.05 Å². The Hall–Kier alpha value is -3.29. The molecule has 1 unspecified atom stereocenters. The summed E-state index contributed by atoms with van der Waals surface area (Å²) in [4.78, 5) is 25.3. The van der Waals surface area contributed by atoms with E-state index in [0.717, 1.165) is 16.8 Å². The van der Waals surface area contributed by atoms with Gasteiger partial charge in [-0.1, -0.05) is 48.0 Å². The summed E-state index contributed by atoms with van der Waals surface area (Å²) in [5.74, 6) is -0.471. The first-order chi connectivity index (χ1) is 19.1. The Labute approximate surface area is 240 Å². The SMILES string of the molecule is COC(=O)N[C@@H](Cc1ccccc1Cl)C(=O)Nc1ccccc1CC[C@@H](CO)N(Cc1cn(C)nc1C)S(=O)O. The summed E-state index contributed by atoms with van der Waals surface area (Å²) in [6.07, 6.45) is 1.88.